The molecule has 3 heteroatoms. The van der Waals surface area contributed by atoms with Crippen LogP contribution < -0.4 is 0 Å². The van der Waals surface area contributed by atoms with Gasteiger partial charge in [0.2, 0.25) is 5.91 Å². The largest absolute Gasteiger partial charge is 0.345 e. The first-order chi connectivity index (χ1) is 3.72. The van der Waals surface area contributed by atoms with E-state index >= 15 is 0 Å². The van der Waals surface area contributed by atoms with Gasteiger partial charge in [0.15, 0.2) is 0 Å². The van der Waals surface area contributed by atoms with Crippen molar-refractivity contribution >= 4 is 21.8 Å². The number of carbonyl (C=O) groups is 1. The van der Waals surface area contributed by atoms with E-state index in [4.69, 9.17) is 0 Å². The molecule has 0 spiro atoms. The summed E-state index contributed by atoms with van der Waals surface area (Å²) in [5.41, 5.74) is 0. The lowest BCUT2D eigenvalue weighted by atomic mass is 10.6. The van der Waals surface area contributed by atoms with Gasteiger partial charge in [-0.2, -0.15) is 0 Å². The number of amides is 1. The van der Waals surface area contributed by atoms with Crippen LogP contribution in [0.2, 0.25) is 0 Å². The molecule has 0 aliphatic heterocycles. The van der Waals surface area contributed by atoms with Gasteiger partial charge in [0, 0.05) is 13.6 Å². The van der Waals surface area contributed by atoms with Crippen LogP contribution in [-0.4, -0.2) is 29.7 Å². The minimum atomic E-state index is 0.132. The van der Waals surface area contributed by atoms with Gasteiger partial charge >= 0.3 is 0 Å². The first-order valence-electron chi connectivity index (χ1n) is 2.52. The molecule has 0 unspecified atom stereocenters. The van der Waals surface area contributed by atoms with E-state index in [0.717, 1.165) is 6.54 Å². The average Bonchev–Trinajstić information content (AvgIpc) is 1.84. The number of alkyl halides is 1. The Bertz CT molecular complexity index is 84.5. The Morgan fingerprint density at radius 1 is 1.75 bits per heavy atom. The Labute approximate surface area is 58.0 Å². The molecule has 0 radical (unpaired) electrons. The molecule has 0 aliphatic carbocycles. The SMILES string of the molecule is CCN(C)C(=O)CBr. The molecular formula is C5H10BrNO. The number of hydrogen-bond donors (Lipinski definition) is 0. The summed E-state index contributed by atoms with van der Waals surface area (Å²) < 4.78 is 0. The molecule has 48 valence electrons. The predicted octanol–water partition coefficient (Wildman–Crippen LogP) is 0.860. The summed E-state index contributed by atoms with van der Waals surface area (Å²) >= 11 is 3.06. The summed E-state index contributed by atoms with van der Waals surface area (Å²) in [4.78, 5) is 12.3. The molecule has 0 N–H and O–H groups in total. The van der Waals surface area contributed by atoms with Gasteiger partial charge in [0.1, 0.15) is 0 Å². The van der Waals surface area contributed by atoms with Crippen molar-refractivity contribution in [2.24, 2.45) is 0 Å². The van der Waals surface area contributed by atoms with Gasteiger partial charge in [-0.15, -0.1) is 0 Å². The van der Waals surface area contributed by atoms with Crippen molar-refractivity contribution in [1.29, 1.82) is 0 Å². The average molecular weight is 180 g/mol. The lowest BCUT2D eigenvalue weighted by Crippen LogP contribution is -2.26. The van der Waals surface area contributed by atoms with Crippen LogP contribution in [0.5, 0.6) is 0 Å². The molecule has 0 aromatic rings. The third kappa shape index (κ3) is 2.31. The van der Waals surface area contributed by atoms with Crippen LogP contribution in [0, 0.1) is 0 Å². The van der Waals surface area contributed by atoms with Crippen molar-refractivity contribution in [3.05, 3.63) is 0 Å². The smallest absolute Gasteiger partial charge is 0.232 e. The van der Waals surface area contributed by atoms with Crippen LogP contribution in [0.4, 0.5) is 0 Å². The highest BCUT2D eigenvalue weighted by atomic mass is 79.9. The van der Waals surface area contributed by atoms with Gasteiger partial charge in [0.25, 0.3) is 0 Å². The number of rotatable bonds is 2. The summed E-state index contributed by atoms with van der Waals surface area (Å²) in [7, 11) is 1.78. The predicted molar refractivity (Wildman–Crippen MR) is 37.1 cm³/mol. The molecule has 0 saturated carbocycles. The van der Waals surface area contributed by atoms with E-state index in [0.29, 0.717) is 5.33 Å². The molecule has 0 aromatic carbocycles. The molecule has 0 aromatic heterocycles. The van der Waals surface area contributed by atoms with Crippen molar-refractivity contribution in [3.8, 4) is 0 Å². The van der Waals surface area contributed by atoms with Crippen molar-refractivity contribution in [2.45, 2.75) is 6.92 Å². The zero-order valence-corrected chi connectivity index (χ0v) is 6.73. The highest BCUT2D eigenvalue weighted by Crippen LogP contribution is 1.87. The fraction of sp³-hybridized carbons (Fsp3) is 0.800. The second-order valence-corrected chi connectivity index (χ2v) is 2.10. The Morgan fingerprint density at radius 3 is 2.38 bits per heavy atom. The minimum Gasteiger partial charge on any atom is -0.345 e. The molecule has 0 atom stereocenters. The van der Waals surface area contributed by atoms with E-state index in [-0.39, 0.29) is 5.91 Å². The van der Waals surface area contributed by atoms with Crippen LogP contribution in [0.3, 0.4) is 0 Å². The summed E-state index contributed by atoms with van der Waals surface area (Å²) in [6.07, 6.45) is 0. The van der Waals surface area contributed by atoms with Gasteiger partial charge in [-0.25, -0.2) is 0 Å². The maximum atomic E-state index is 10.6. The van der Waals surface area contributed by atoms with Crippen molar-refractivity contribution in [1.82, 2.24) is 4.90 Å². The second-order valence-electron chi connectivity index (χ2n) is 1.54. The number of hydrogen-bond acceptors (Lipinski definition) is 1. The van der Waals surface area contributed by atoms with Crippen molar-refractivity contribution < 1.29 is 4.79 Å². The molecule has 2 nitrogen and oxygen atoms in total. The van der Waals surface area contributed by atoms with E-state index in [1.807, 2.05) is 6.92 Å². The van der Waals surface area contributed by atoms with Crippen LogP contribution in [0.25, 0.3) is 0 Å². The summed E-state index contributed by atoms with van der Waals surface area (Å²) in [6, 6.07) is 0. The van der Waals surface area contributed by atoms with E-state index in [9.17, 15) is 4.79 Å². The Balaban J connectivity index is 3.46. The number of halogens is 1. The van der Waals surface area contributed by atoms with E-state index in [2.05, 4.69) is 15.9 Å². The van der Waals surface area contributed by atoms with Crippen molar-refractivity contribution in [3.63, 3.8) is 0 Å². The number of nitrogens with zero attached hydrogens (tertiary/aromatic N) is 1. The Morgan fingerprint density at radius 2 is 2.25 bits per heavy atom. The van der Waals surface area contributed by atoms with Gasteiger partial charge in [-0.3, -0.25) is 4.79 Å². The van der Waals surface area contributed by atoms with Crippen LogP contribution in [0.1, 0.15) is 6.92 Å². The minimum absolute atomic E-state index is 0.132. The highest BCUT2D eigenvalue weighted by molar-refractivity contribution is 9.09. The fourth-order valence-corrected chi connectivity index (χ4v) is 0.706. The molecule has 0 saturated heterocycles. The molecule has 0 bridgehead atoms. The Hall–Kier alpha value is -0.0500. The standard InChI is InChI=1S/C5H10BrNO/c1-3-7(2)5(8)4-6/h3-4H2,1-2H3. The second kappa shape index (κ2) is 3.89. The highest BCUT2D eigenvalue weighted by Gasteiger charge is 2.00. The maximum Gasteiger partial charge on any atom is 0.232 e. The zero-order chi connectivity index (χ0) is 6.57. The van der Waals surface area contributed by atoms with E-state index in [1.54, 1.807) is 11.9 Å². The van der Waals surface area contributed by atoms with Gasteiger partial charge in [-0.1, -0.05) is 15.9 Å². The lowest BCUT2D eigenvalue weighted by molar-refractivity contribution is -0.126. The third-order valence-corrected chi connectivity index (χ3v) is 1.49. The van der Waals surface area contributed by atoms with Crippen LogP contribution in [0.15, 0.2) is 0 Å². The topological polar surface area (TPSA) is 20.3 Å². The first-order valence-corrected chi connectivity index (χ1v) is 3.64. The zero-order valence-electron chi connectivity index (χ0n) is 5.15. The van der Waals surface area contributed by atoms with E-state index in [1.165, 1.54) is 0 Å². The third-order valence-electron chi connectivity index (χ3n) is 1.01. The van der Waals surface area contributed by atoms with Crippen LogP contribution in [-0.2, 0) is 4.79 Å². The van der Waals surface area contributed by atoms with Gasteiger partial charge in [0.05, 0.1) is 5.33 Å². The van der Waals surface area contributed by atoms with Gasteiger partial charge in [-0.05, 0) is 6.92 Å². The Kier molecular flexibility index (Phi) is 3.87. The molecule has 8 heavy (non-hydrogen) atoms. The molecule has 0 aliphatic rings. The summed E-state index contributed by atoms with van der Waals surface area (Å²) in [6.45, 7) is 2.73. The molecule has 0 heterocycles. The summed E-state index contributed by atoms with van der Waals surface area (Å²) in [5.74, 6) is 0.132. The fourth-order valence-electron chi connectivity index (χ4n) is 0.278. The molecule has 0 fully saturated rings. The molecular weight excluding hydrogens is 170 g/mol. The van der Waals surface area contributed by atoms with E-state index < -0.39 is 0 Å². The van der Waals surface area contributed by atoms with Crippen molar-refractivity contribution in [2.75, 3.05) is 18.9 Å². The first kappa shape index (κ1) is 7.95. The normalized spacial score (nSPS) is 8.88. The molecule has 1 amide bonds. The van der Waals surface area contributed by atoms with Gasteiger partial charge < -0.3 is 4.90 Å². The summed E-state index contributed by atoms with van der Waals surface area (Å²) in [5, 5.41) is 0.428. The quantitative estimate of drug-likeness (QED) is 0.577. The maximum absolute atomic E-state index is 10.6. The monoisotopic (exact) mass is 179 g/mol. The molecule has 0 rings (SSSR count). The van der Waals surface area contributed by atoms with Crippen LogP contribution >= 0.6 is 15.9 Å². The number of carbonyl (C=O) groups excluding carboxylic acids is 1. The lowest BCUT2D eigenvalue weighted by Gasteiger charge is -2.11.